The molecule has 0 aliphatic heterocycles. The Bertz CT molecular complexity index is 2900. The van der Waals surface area contributed by atoms with Crippen molar-refractivity contribution in [3.63, 3.8) is 0 Å². The summed E-state index contributed by atoms with van der Waals surface area (Å²) < 4.78 is 36.5. The van der Waals surface area contributed by atoms with Crippen LogP contribution in [0.1, 0.15) is 0 Å². The Morgan fingerprint density at radius 2 is 0.296 bits per heavy atom. The van der Waals surface area contributed by atoms with E-state index in [2.05, 4.69) is 72.8 Å². The molecule has 0 fully saturated rings. The molecule has 13 rings (SSSR count). The second kappa shape index (κ2) is 9.28. The van der Waals surface area contributed by atoms with Crippen LogP contribution in [0, 0.1) is 0 Å². The van der Waals surface area contributed by atoms with Gasteiger partial charge in [0.2, 0.25) is 0 Å². The third-order valence-corrected chi connectivity index (χ3v) is 12.8. The number of benzene rings is 13. The number of hydrogen-bond acceptors (Lipinski definition) is 6. The molecule has 0 saturated heterocycles. The zero-order valence-electron chi connectivity index (χ0n) is 30.4. The van der Waals surface area contributed by atoms with E-state index in [4.69, 9.17) is 28.4 Å². The van der Waals surface area contributed by atoms with Gasteiger partial charge >= 0.3 is 0 Å². The highest BCUT2D eigenvalue weighted by Gasteiger charge is 2.33. The summed E-state index contributed by atoms with van der Waals surface area (Å²) in [6.45, 7) is 0. The second-order valence-electron chi connectivity index (χ2n) is 14.8. The van der Waals surface area contributed by atoms with E-state index in [1.165, 1.54) is 64.6 Å². The lowest BCUT2D eigenvalue weighted by Crippen LogP contribution is -2.02. The van der Waals surface area contributed by atoms with Gasteiger partial charge in [-0.3, -0.25) is 0 Å². The zero-order valence-corrected chi connectivity index (χ0v) is 30.4. The number of fused-ring (bicyclic) bond motifs is 6. The highest BCUT2D eigenvalue weighted by atomic mass is 16.5. The third-order valence-electron chi connectivity index (χ3n) is 12.8. The Labute approximate surface area is 306 Å². The molecule has 6 heteroatoms. The molecule has 0 aliphatic rings. The Balaban J connectivity index is 1.54. The summed E-state index contributed by atoms with van der Waals surface area (Å²) in [5.74, 6) is 4.81. The van der Waals surface area contributed by atoms with Crippen LogP contribution < -0.4 is 28.4 Å². The van der Waals surface area contributed by atoms with Crippen LogP contribution in [0.2, 0.25) is 0 Å². The molecular weight excluding hydrogens is 673 g/mol. The van der Waals surface area contributed by atoms with E-state index in [0.717, 1.165) is 99.1 Å². The fourth-order valence-corrected chi connectivity index (χ4v) is 10.8. The smallest absolute Gasteiger partial charge is 0.120 e. The second-order valence-corrected chi connectivity index (χ2v) is 14.8. The minimum Gasteiger partial charge on any atom is -0.497 e. The molecule has 0 aliphatic carbocycles. The van der Waals surface area contributed by atoms with Crippen molar-refractivity contribution in [2.75, 3.05) is 42.7 Å². The van der Waals surface area contributed by atoms with E-state index < -0.39 is 0 Å². The summed E-state index contributed by atoms with van der Waals surface area (Å²) in [6.07, 6.45) is 0. The lowest BCUT2D eigenvalue weighted by Gasteiger charge is -2.30. The molecular formula is C48H30O6. The van der Waals surface area contributed by atoms with Gasteiger partial charge in [-0.05, 0) is 202 Å². The first kappa shape index (κ1) is 28.9. The first-order valence-corrected chi connectivity index (χ1v) is 18.1. The van der Waals surface area contributed by atoms with Gasteiger partial charge in [-0.2, -0.15) is 0 Å². The Hall–Kier alpha value is -6.66. The van der Waals surface area contributed by atoms with Gasteiger partial charge in [-0.15, -0.1) is 0 Å². The van der Waals surface area contributed by atoms with Crippen LogP contribution in [0.25, 0.3) is 129 Å². The Morgan fingerprint density at radius 3 is 0.389 bits per heavy atom. The van der Waals surface area contributed by atoms with E-state index in [1.54, 1.807) is 42.7 Å². The van der Waals surface area contributed by atoms with Crippen molar-refractivity contribution in [1.82, 2.24) is 0 Å². The SMILES string of the molecule is COc1cc2c3cc(OC)cc4c5cc(OC)cc6c7cc(OC)cc8c9cc(OC)cc%10c%11cc(OC)cc%12c(c1)c2c1c(c34)c(c56)c(c78)c(c%109)c1c%12%11. The molecule has 0 spiro atoms. The molecule has 0 heterocycles. The summed E-state index contributed by atoms with van der Waals surface area (Å²) in [5, 5.41) is 28.7. The van der Waals surface area contributed by atoms with Crippen molar-refractivity contribution >= 4 is 129 Å². The fourth-order valence-electron chi connectivity index (χ4n) is 10.8. The zero-order chi connectivity index (χ0) is 36.0. The fraction of sp³-hybridized carbons (Fsp3) is 0.125. The van der Waals surface area contributed by atoms with Crippen molar-refractivity contribution in [3.05, 3.63) is 72.8 Å². The van der Waals surface area contributed by atoms with Crippen molar-refractivity contribution in [2.24, 2.45) is 0 Å². The van der Waals surface area contributed by atoms with Crippen LogP contribution in [0.4, 0.5) is 0 Å². The Morgan fingerprint density at radius 1 is 0.185 bits per heavy atom. The maximum absolute atomic E-state index is 6.09. The highest BCUT2D eigenvalue weighted by molar-refractivity contribution is 6.61. The molecule has 0 unspecified atom stereocenters. The lowest BCUT2D eigenvalue weighted by atomic mass is 9.73. The van der Waals surface area contributed by atoms with Gasteiger partial charge in [-0.1, -0.05) is 0 Å². The molecule has 13 aromatic rings. The van der Waals surface area contributed by atoms with E-state index in [-0.39, 0.29) is 0 Å². The maximum Gasteiger partial charge on any atom is 0.120 e. The first-order valence-electron chi connectivity index (χ1n) is 18.1. The Kier molecular flexibility index (Phi) is 4.96. The van der Waals surface area contributed by atoms with Crippen LogP contribution in [0.5, 0.6) is 34.5 Å². The maximum atomic E-state index is 6.09. The molecule has 6 nitrogen and oxygen atoms in total. The molecule has 13 aromatic carbocycles. The summed E-state index contributed by atoms with van der Waals surface area (Å²) in [7, 11) is 10.5. The standard InChI is InChI=1S/C48H30O6/c1-49-19-7-25-27-9-20(50-2)11-29-31-13-22(52-4)15-33-35-17-24(54-6)18-36-34-16-23(53-5)14-32-30-12-21(51-3)10-28-26(8-19)37(25)43-44(38(27)29)46(40(31)33)48(42(35)36)47(41(32)34)45(43)39(28)30/h7-18H,1-6H3. The number of ether oxygens (including phenoxy) is 6. The highest BCUT2D eigenvalue weighted by Crippen LogP contribution is 2.62. The molecule has 0 atom stereocenters. The van der Waals surface area contributed by atoms with E-state index in [0.29, 0.717) is 0 Å². The van der Waals surface area contributed by atoms with Crippen molar-refractivity contribution in [1.29, 1.82) is 0 Å². The van der Waals surface area contributed by atoms with E-state index >= 15 is 0 Å². The largest absolute Gasteiger partial charge is 0.497 e. The first-order chi connectivity index (χ1) is 26.5. The van der Waals surface area contributed by atoms with E-state index in [1.807, 2.05) is 0 Å². The number of methoxy groups -OCH3 is 6. The predicted octanol–water partition coefficient (Wildman–Crippen LogP) is 12.2. The number of hydrogen-bond donors (Lipinski definition) is 0. The van der Waals surface area contributed by atoms with E-state index in [9.17, 15) is 0 Å². The topological polar surface area (TPSA) is 55.4 Å². The molecule has 0 N–H and O–H groups in total. The van der Waals surface area contributed by atoms with Crippen LogP contribution in [0.15, 0.2) is 72.8 Å². The molecule has 0 amide bonds. The molecule has 0 bridgehead atoms. The minimum absolute atomic E-state index is 0.802. The monoisotopic (exact) mass is 702 g/mol. The van der Waals surface area contributed by atoms with Crippen LogP contribution in [-0.4, -0.2) is 42.7 Å². The molecule has 54 heavy (non-hydrogen) atoms. The quantitative estimate of drug-likeness (QED) is 0.127. The van der Waals surface area contributed by atoms with Gasteiger partial charge in [0.1, 0.15) is 34.5 Å². The summed E-state index contributed by atoms with van der Waals surface area (Å²) in [6, 6.07) is 26.5. The summed E-state index contributed by atoms with van der Waals surface area (Å²) in [5.41, 5.74) is 0. The average molecular weight is 703 g/mol. The van der Waals surface area contributed by atoms with Crippen LogP contribution >= 0.6 is 0 Å². The van der Waals surface area contributed by atoms with Crippen molar-refractivity contribution in [3.8, 4) is 34.5 Å². The van der Waals surface area contributed by atoms with Gasteiger partial charge in [0.15, 0.2) is 0 Å². The normalized spacial score (nSPS) is 13.0. The van der Waals surface area contributed by atoms with Gasteiger partial charge in [-0.25, -0.2) is 0 Å². The third kappa shape index (κ3) is 2.97. The predicted molar refractivity (Wildman–Crippen MR) is 223 cm³/mol. The molecule has 0 radical (unpaired) electrons. The van der Waals surface area contributed by atoms with Crippen molar-refractivity contribution in [2.45, 2.75) is 0 Å². The molecule has 0 aromatic heterocycles. The van der Waals surface area contributed by atoms with Gasteiger partial charge < -0.3 is 28.4 Å². The lowest BCUT2D eigenvalue weighted by molar-refractivity contribution is 0.415. The van der Waals surface area contributed by atoms with Crippen LogP contribution in [0.3, 0.4) is 0 Å². The average Bonchev–Trinajstić information content (AvgIpc) is 3.22. The van der Waals surface area contributed by atoms with Crippen LogP contribution in [-0.2, 0) is 0 Å². The number of rotatable bonds is 6. The summed E-state index contributed by atoms with van der Waals surface area (Å²) in [4.78, 5) is 0. The molecule has 0 saturated carbocycles. The molecule has 258 valence electrons. The van der Waals surface area contributed by atoms with Gasteiger partial charge in [0, 0.05) is 0 Å². The van der Waals surface area contributed by atoms with Crippen molar-refractivity contribution < 1.29 is 28.4 Å². The minimum atomic E-state index is 0.802. The van der Waals surface area contributed by atoms with Gasteiger partial charge in [0.25, 0.3) is 0 Å². The summed E-state index contributed by atoms with van der Waals surface area (Å²) >= 11 is 0. The van der Waals surface area contributed by atoms with Gasteiger partial charge in [0.05, 0.1) is 42.7 Å².